The van der Waals surface area contributed by atoms with Crippen LogP contribution in [0.2, 0.25) is 0 Å². The summed E-state index contributed by atoms with van der Waals surface area (Å²) in [6.45, 7) is 31.1. The summed E-state index contributed by atoms with van der Waals surface area (Å²) in [5.41, 5.74) is 14.3. The van der Waals surface area contributed by atoms with E-state index in [1.165, 1.54) is 131 Å². The van der Waals surface area contributed by atoms with Gasteiger partial charge in [0, 0.05) is 104 Å². The van der Waals surface area contributed by atoms with Gasteiger partial charge >= 0.3 is 41.2 Å². The van der Waals surface area contributed by atoms with Gasteiger partial charge in [0.05, 0.1) is 34.2 Å². The minimum Gasteiger partial charge on any atom is -0.480 e. The van der Waals surface area contributed by atoms with Crippen LogP contribution in [0, 0.1) is 0 Å². The zero-order chi connectivity index (χ0) is 100. The Balaban J connectivity index is 0.000000299. The summed E-state index contributed by atoms with van der Waals surface area (Å²) in [5, 5.41) is 32.0. The molecule has 3 aliphatic rings. The predicted octanol–water partition coefficient (Wildman–Crippen LogP) is 9.14. The summed E-state index contributed by atoms with van der Waals surface area (Å²) in [4.78, 5) is 133. The van der Waals surface area contributed by atoms with Crippen molar-refractivity contribution in [1.29, 1.82) is 0 Å². The second-order valence-corrected chi connectivity index (χ2v) is 46.9. The number of benzene rings is 2. The van der Waals surface area contributed by atoms with Crippen LogP contribution in [0.1, 0.15) is 128 Å². The number of imidazole rings is 2. The van der Waals surface area contributed by atoms with Crippen molar-refractivity contribution in [2.75, 3.05) is 17.6 Å². The van der Waals surface area contributed by atoms with Crippen molar-refractivity contribution in [1.82, 2.24) is 68.3 Å². The summed E-state index contributed by atoms with van der Waals surface area (Å²) >= 11 is 8.27. The Hall–Kier alpha value is -10.4. The molecule has 39 nitrogen and oxygen atoms in total. The molecule has 3 fully saturated rings. The third-order valence-electron chi connectivity index (χ3n) is 18.4. The first kappa shape index (κ1) is 113. The molecule has 13 rings (SSSR count). The van der Waals surface area contributed by atoms with Crippen molar-refractivity contribution < 1.29 is 96.6 Å². The standard InChI is InChI=1S/C30H34N6O6S2.C19H22N4O3.C11H14N2O4S2.C6H11NO2S.C5H4ClNO2S.C5H5NO3S.C5H11NO2S.C3H8.CH2O/c1-29(2,3)42-27(38)23(16-19-10-12-20(13-11-19)36-25-22(34-28(36)39)9-7-15-32-25)33-26(37)24-30(4,5)43-18-35(24)44(40,41)21-8-6-14-31-17-21;1-19(2,3)26-17(24)14(20)11-12-6-8-13(9-7-12)23-16-15(22-18(23)25)5-4-10-21-16;1-11(2)9(10(14)15)13(7-18-11)19(16,17)8-4-3-5-12-6-8;1-6(2)4(5(8)9)7-3-10-6;6-10(8,9)5-2-1-3-7-4-5;7-10(8,9)5-2-1-3-6-4-5;1-5(2,9)3(6)4(7)8;1-3-2;1-2/h6-15,17,23-24H,16,18H2,1-5H3,(H,33,37)(H,34,39);4-10,14H,11,20H2,1-3H3,(H,22,25);3-6,9H,7H2,1-2H3,(H,14,15);4,7H,3H2,1-2H3,(H,8,9);1-4H;1-4H,(H,7,8,9);3,9H,6H2,1-2H3,(H,7,8);3H2,1-2H3;1H2/t23-,24+;14-;9-;4-;;;3-;;/m0011..1../s1. The number of esters is 2. The van der Waals surface area contributed by atoms with Crippen molar-refractivity contribution >= 4 is 163 Å². The van der Waals surface area contributed by atoms with E-state index in [1.54, 1.807) is 168 Å². The lowest BCUT2D eigenvalue weighted by Gasteiger charge is -2.32. The molecule has 2 aromatic carbocycles. The lowest BCUT2D eigenvalue weighted by Crippen LogP contribution is -2.57. The molecule has 1 amide bonds. The van der Waals surface area contributed by atoms with Crippen molar-refractivity contribution in [2.24, 2.45) is 11.5 Å². The van der Waals surface area contributed by atoms with Crippen LogP contribution in [-0.4, -0.2) is 238 Å². The molecule has 0 saturated carbocycles. The minimum absolute atomic E-state index is 0.0135. The van der Waals surface area contributed by atoms with Crippen molar-refractivity contribution in [3.63, 3.8) is 0 Å². The molecular formula is C85H111ClN16O23S8. The van der Waals surface area contributed by atoms with Gasteiger partial charge in [-0.2, -0.15) is 29.7 Å². The molecule has 0 spiro atoms. The Labute approximate surface area is 793 Å². The zero-order valence-corrected chi connectivity index (χ0v) is 83.0. The number of ether oxygens (including phenoxy) is 2. The normalized spacial score (nSPS) is 16.9. The molecule has 11 heterocycles. The molecule has 0 aliphatic carbocycles. The van der Waals surface area contributed by atoms with E-state index >= 15 is 0 Å². The smallest absolute Gasteiger partial charge is 0.332 e. The number of carbonyl (C=O) groups excluding carboxylic acids is 4. The number of sulfonamides is 2. The highest BCUT2D eigenvalue weighted by atomic mass is 35.7. The molecule has 48 heteroatoms. The average Bonchev–Trinajstić information content (AvgIpc) is 1.61. The maximum atomic E-state index is 13.9. The summed E-state index contributed by atoms with van der Waals surface area (Å²) in [5.74, 6) is -3.69. The molecule has 8 aromatic heterocycles. The Morgan fingerprint density at radius 1 is 0.549 bits per heavy atom. The number of rotatable bonds is 20. The molecular weight excluding hydrogens is 1910 g/mol. The molecule has 6 atom stereocenters. The molecule has 3 aliphatic heterocycles. The van der Waals surface area contributed by atoms with Gasteiger partial charge in [0.25, 0.3) is 19.2 Å². The van der Waals surface area contributed by atoms with Crippen LogP contribution in [-0.2, 0) is 95.1 Å². The van der Waals surface area contributed by atoms with E-state index in [1.807, 2.05) is 32.8 Å². The van der Waals surface area contributed by atoms with E-state index in [0.717, 1.165) is 26.2 Å². The lowest BCUT2D eigenvalue weighted by atomic mass is 10.0. The topological polar surface area (TPSA) is 591 Å². The maximum absolute atomic E-state index is 13.9. The quantitative estimate of drug-likeness (QED) is 0.0146. The number of H-pyrrole nitrogens is 2. The Kier molecular flexibility index (Phi) is 41.4. The second-order valence-electron chi connectivity index (χ2n) is 33.1. The van der Waals surface area contributed by atoms with Crippen LogP contribution in [0.25, 0.3) is 33.7 Å². The van der Waals surface area contributed by atoms with Crippen LogP contribution in [0.4, 0.5) is 0 Å². The number of nitrogens with two attached hydrogens (primary N) is 2. The Morgan fingerprint density at radius 2 is 0.917 bits per heavy atom. The van der Waals surface area contributed by atoms with Crippen molar-refractivity contribution in [3.8, 4) is 11.4 Å². The molecule has 10 aromatic rings. The predicted molar refractivity (Wildman–Crippen MR) is 511 cm³/mol. The van der Waals surface area contributed by atoms with Gasteiger partial charge in [-0.15, -0.1) is 35.3 Å². The second kappa shape index (κ2) is 48.7. The lowest BCUT2D eigenvalue weighted by molar-refractivity contribution is -0.159. The van der Waals surface area contributed by atoms with Gasteiger partial charge in [-0.3, -0.25) is 53.8 Å². The van der Waals surface area contributed by atoms with Crippen LogP contribution in [0.3, 0.4) is 0 Å². The van der Waals surface area contributed by atoms with Crippen molar-refractivity contribution in [2.45, 2.75) is 216 Å². The number of fused-ring (bicyclic) bond motifs is 2. The summed E-state index contributed by atoms with van der Waals surface area (Å²) in [6, 6.07) is 27.4. The van der Waals surface area contributed by atoms with E-state index in [4.69, 9.17) is 51.2 Å². The fraction of sp³-hybridized carbons (Fsp3) is 0.400. The monoisotopic (exact) mass is 2010 g/mol. The highest BCUT2D eigenvalue weighted by Crippen LogP contribution is 2.44. The largest absolute Gasteiger partial charge is 0.480 e. The molecule has 0 unspecified atom stereocenters. The first-order chi connectivity index (χ1) is 61.7. The number of hydrogen-bond donors (Lipinski definition) is 11. The number of amides is 1. The summed E-state index contributed by atoms with van der Waals surface area (Å²) in [7, 11) is -10.6. The number of carbonyl (C=O) groups is 7. The van der Waals surface area contributed by atoms with Gasteiger partial charge in [0.15, 0.2) is 11.3 Å². The zero-order valence-electron chi connectivity index (χ0n) is 75.6. The fourth-order valence-corrected chi connectivity index (χ4v) is 20.5. The number of carboxylic acid groups (broad SMARTS) is 3. The molecule has 12 N–H and O–H groups in total. The maximum Gasteiger partial charge on any atom is 0.332 e. The SMILES string of the molecule is C=O.CC(C)(C)OC(=O)[C@@H](N)Cc1ccc(-n2c(=O)[nH]c3cccnc32)cc1.CC(C)(C)OC(=O)[C@H](Cc1ccc(-n2c(=O)[nH]c3cccnc32)cc1)NC(=O)[C@H]1N(S(=O)(=O)c2cccnc2)CSC1(C)C.CC(C)(S)[C@H](N)C(=O)O.CC1(C)SCN(S(=O)(=O)c2cccnc2)[C@@H]1C(=O)O.CC1(C)SCN[C@@H]1C(=O)O.CCC.O=S(=O)(Cl)c1cccnc1.O=S(=O)(O)c1cccnc1. The molecule has 0 radical (unpaired) electrons. The van der Waals surface area contributed by atoms with Crippen LogP contribution in [0.15, 0.2) is 212 Å². The number of nitrogens with zero attached hydrogens (tertiary/aromatic N) is 10. The van der Waals surface area contributed by atoms with Gasteiger partial charge < -0.3 is 56.3 Å². The van der Waals surface area contributed by atoms with Gasteiger partial charge in [0.2, 0.25) is 26.0 Å². The summed E-state index contributed by atoms with van der Waals surface area (Å²) in [6.07, 6.45) is 15.5. The van der Waals surface area contributed by atoms with E-state index in [2.05, 4.69) is 77.0 Å². The summed E-state index contributed by atoms with van der Waals surface area (Å²) < 4.78 is 116. The fourth-order valence-electron chi connectivity index (χ4n) is 12.0. The van der Waals surface area contributed by atoms with E-state index in [9.17, 15) is 77.1 Å². The number of thioether (sulfide) groups is 3. The molecule has 133 heavy (non-hydrogen) atoms. The number of pyridine rings is 6. The number of aliphatic carboxylic acids is 3. The van der Waals surface area contributed by atoms with Crippen LogP contribution in [0.5, 0.6) is 0 Å². The highest BCUT2D eigenvalue weighted by molar-refractivity contribution is 8.13. The number of halogens is 1. The number of thiol groups is 1. The van der Waals surface area contributed by atoms with Crippen LogP contribution >= 0.6 is 58.6 Å². The van der Waals surface area contributed by atoms with E-state index < -0.39 is 137 Å². The number of carboxylic acids is 3. The van der Waals surface area contributed by atoms with Gasteiger partial charge in [-0.25, -0.2) is 58.7 Å². The first-order valence-electron chi connectivity index (χ1n) is 40.2. The average molecular weight is 2020 g/mol. The Bertz CT molecular complexity index is 6110. The number of hydrogen-bond acceptors (Lipinski definition) is 32. The highest BCUT2D eigenvalue weighted by Gasteiger charge is 2.53. The first-order valence-corrected chi connectivity index (χ1v) is 50.2. The number of aromatic nitrogens is 10. The molecule has 0 bridgehead atoms. The van der Waals surface area contributed by atoms with Crippen molar-refractivity contribution in [3.05, 3.63) is 215 Å². The van der Waals surface area contributed by atoms with Gasteiger partial charge in [0.1, 0.15) is 73.8 Å². The minimum atomic E-state index is -4.07. The van der Waals surface area contributed by atoms with Crippen LogP contribution < -0.4 is 33.5 Å². The van der Waals surface area contributed by atoms with E-state index in [0.29, 0.717) is 45.7 Å². The van der Waals surface area contributed by atoms with Gasteiger partial charge in [-0.1, -0.05) is 44.5 Å². The number of aromatic amines is 2. The molecule has 724 valence electrons. The Morgan fingerprint density at radius 3 is 1.23 bits per heavy atom. The third-order valence-corrected chi connectivity index (χ3v) is 28.8. The number of nitrogens with one attached hydrogen (secondary N) is 4. The molecule has 3 saturated heterocycles. The third kappa shape index (κ3) is 33.3. The van der Waals surface area contributed by atoms with Gasteiger partial charge in [-0.05, 0) is 212 Å². The van der Waals surface area contributed by atoms with E-state index in [-0.39, 0.29) is 53.9 Å².